The van der Waals surface area contributed by atoms with Crippen LogP contribution in [0.5, 0.6) is 0 Å². The van der Waals surface area contributed by atoms with Crippen LogP contribution in [0.15, 0.2) is 41.1 Å². The molecule has 114 valence electrons. The highest BCUT2D eigenvalue weighted by Gasteiger charge is 2.31. The molecule has 0 saturated heterocycles. The first-order valence-electron chi connectivity index (χ1n) is 6.90. The topological polar surface area (TPSA) is 53.4 Å². The number of halogens is 2. The van der Waals surface area contributed by atoms with Crippen LogP contribution in [-0.4, -0.2) is 27.5 Å². The molecule has 1 atom stereocenters. The van der Waals surface area contributed by atoms with Crippen molar-refractivity contribution in [2.45, 2.75) is 19.0 Å². The second kappa shape index (κ2) is 6.14. The Labute approximate surface area is 135 Å². The van der Waals surface area contributed by atoms with Crippen molar-refractivity contribution in [3.8, 4) is 0 Å². The smallest absolute Gasteiger partial charge is 0.325 e. The van der Waals surface area contributed by atoms with Gasteiger partial charge < -0.3 is 5.11 Å². The predicted octanol–water partition coefficient (Wildman–Crippen LogP) is 3.17. The minimum atomic E-state index is -0.908. The summed E-state index contributed by atoms with van der Waals surface area (Å²) in [5.74, 6) is -1.18. The van der Waals surface area contributed by atoms with Gasteiger partial charge in [0, 0.05) is 30.0 Å². The van der Waals surface area contributed by atoms with Crippen LogP contribution in [0, 0.1) is 5.82 Å². The maximum Gasteiger partial charge on any atom is 0.325 e. The third-order valence-corrected chi connectivity index (χ3v) is 4.59. The third-order valence-electron chi connectivity index (χ3n) is 3.88. The molecule has 1 aromatic heterocycles. The van der Waals surface area contributed by atoms with Crippen molar-refractivity contribution < 1.29 is 14.3 Å². The Morgan fingerprint density at radius 1 is 1.45 bits per heavy atom. The van der Waals surface area contributed by atoms with Crippen molar-refractivity contribution in [3.63, 3.8) is 0 Å². The van der Waals surface area contributed by atoms with Gasteiger partial charge in [-0.3, -0.25) is 14.7 Å². The summed E-state index contributed by atoms with van der Waals surface area (Å²) in [5.41, 5.74) is 2.53. The Morgan fingerprint density at radius 2 is 2.27 bits per heavy atom. The Bertz CT molecular complexity index is 709. The summed E-state index contributed by atoms with van der Waals surface area (Å²) in [6, 6.07) is 5.69. The number of aliphatic carboxylic acids is 1. The van der Waals surface area contributed by atoms with Gasteiger partial charge in [-0.25, -0.2) is 4.39 Å². The van der Waals surface area contributed by atoms with Crippen molar-refractivity contribution in [2.24, 2.45) is 0 Å². The molecule has 22 heavy (non-hydrogen) atoms. The van der Waals surface area contributed by atoms with Gasteiger partial charge in [0.05, 0.1) is 0 Å². The molecule has 1 unspecified atom stereocenters. The molecule has 2 aromatic rings. The number of fused-ring (bicyclic) bond motifs is 1. The van der Waals surface area contributed by atoms with E-state index in [0.717, 1.165) is 11.1 Å². The van der Waals surface area contributed by atoms with E-state index in [1.807, 2.05) is 4.90 Å². The Hall–Kier alpha value is -1.79. The summed E-state index contributed by atoms with van der Waals surface area (Å²) in [6.07, 6.45) is 3.82. The van der Waals surface area contributed by atoms with Gasteiger partial charge in [-0.15, -0.1) is 0 Å². The highest BCUT2D eigenvalue weighted by atomic mass is 79.9. The number of rotatable bonds is 3. The normalized spacial score (nSPS) is 16.1. The monoisotopic (exact) mass is 364 g/mol. The lowest BCUT2D eigenvalue weighted by Gasteiger charge is -2.34. The zero-order valence-electron chi connectivity index (χ0n) is 11.7. The lowest BCUT2D eigenvalue weighted by molar-refractivity contribution is -0.144. The van der Waals surface area contributed by atoms with Crippen LogP contribution in [0.1, 0.15) is 22.7 Å². The number of nitrogens with zero attached hydrogens (tertiary/aromatic N) is 2. The average molecular weight is 365 g/mol. The predicted molar refractivity (Wildman–Crippen MR) is 82.8 cm³/mol. The van der Waals surface area contributed by atoms with Gasteiger partial charge in [0.15, 0.2) is 0 Å². The largest absolute Gasteiger partial charge is 0.480 e. The van der Waals surface area contributed by atoms with Crippen molar-refractivity contribution in [2.75, 3.05) is 6.54 Å². The van der Waals surface area contributed by atoms with Gasteiger partial charge in [0.1, 0.15) is 11.9 Å². The molecule has 1 aliphatic heterocycles. The van der Waals surface area contributed by atoms with E-state index in [-0.39, 0.29) is 5.82 Å². The van der Waals surface area contributed by atoms with Crippen LogP contribution in [0.25, 0.3) is 0 Å². The lowest BCUT2D eigenvalue weighted by atomic mass is 9.96. The number of benzene rings is 1. The fourth-order valence-corrected chi connectivity index (χ4v) is 3.47. The number of hydrogen-bond acceptors (Lipinski definition) is 3. The quantitative estimate of drug-likeness (QED) is 0.908. The maximum atomic E-state index is 13.5. The molecular formula is C16H14BrFN2O2. The summed E-state index contributed by atoms with van der Waals surface area (Å²) in [6.45, 7) is 1.02. The first-order chi connectivity index (χ1) is 10.6. The molecule has 6 heteroatoms. The molecule has 2 heterocycles. The van der Waals surface area contributed by atoms with Crippen molar-refractivity contribution in [3.05, 3.63) is 63.6 Å². The van der Waals surface area contributed by atoms with E-state index in [4.69, 9.17) is 0 Å². The summed E-state index contributed by atoms with van der Waals surface area (Å²) < 4.78 is 14.1. The van der Waals surface area contributed by atoms with Crippen LogP contribution in [0.3, 0.4) is 0 Å². The fraction of sp³-hybridized carbons (Fsp3) is 0.250. The van der Waals surface area contributed by atoms with Crippen LogP contribution in [0.4, 0.5) is 4.39 Å². The van der Waals surface area contributed by atoms with Crippen LogP contribution < -0.4 is 0 Å². The molecule has 1 aliphatic rings. The van der Waals surface area contributed by atoms with E-state index in [2.05, 4.69) is 20.9 Å². The van der Waals surface area contributed by atoms with Gasteiger partial charge in [-0.05, 0) is 41.3 Å². The zero-order valence-corrected chi connectivity index (χ0v) is 13.3. The number of carbonyl (C=O) groups is 1. The Morgan fingerprint density at radius 3 is 2.95 bits per heavy atom. The van der Waals surface area contributed by atoms with Crippen LogP contribution >= 0.6 is 15.9 Å². The lowest BCUT2D eigenvalue weighted by Crippen LogP contribution is -2.38. The van der Waals surface area contributed by atoms with Gasteiger partial charge in [-0.1, -0.05) is 22.0 Å². The second-order valence-electron chi connectivity index (χ2n) is 5.27. The molecule has 0 amide bonds. The molecule has 0 aliphatic carbocycles. The molecule has 0 bridgehead atoms. The molecule has 4 nitrogen and oxygen atoms in total. The molecule has 1 N–H and O–H groups in total. The van der Waals surface area contributed by atoms with Gasteiger partial charge in [0.2, 0.25) is 0 Å². The molecule has 0 saturated carbocycles. The van der Waals surface area contributed by atoms with Gasteiger partial charge >= 0.3 is 5.97 Å². The molecule has 1 aromatic carbocycles. The van der Waals surface area contributed by atoms with E-state index in [9.17, 15) is 14.3 Å². The molecule has 3 rings (SSSR count). The highest BCUT2D eigenvalue weighted by Crippen LogP contribution is 2.32. The van der Waals surface area contributed by atoms with Gasteiger partial charge in [-0.2, -0.15) is 0 Å². The second-order valence-corrected chi connectivity index (χ2v) is 6.13. The SMILES string of the molecule is O=C(O)C(c1cccnc1)N1CCc2cc(F)cc(Br)c2C1. The summed E-state index contributed by atoms with van der Waals surface area (Å²) in [7, 11) is 0. The summed E-state index contributed by atoms with van der Waals surface area (Å²) >= 11 is 3.38. The van der Waals surface area contributed by atoms with Gasteiger partial charge in [0.25, 0.3) is 0 Å². The Kier molecular flexibility index (Phi) is 4.22. The number of aromatic nitrogens is 1. The minimum Gasteiger partial charge on any atom is -0.480 e. The number of carboxylic acids is 1. The Balaban J connectivity index is 1.94. The summed E-state index contributed by atoms with van der Waals surface area (Å²) in [4.78, 5) is 17.6. The first-order valence-corrected chi connectivity index (χ1v) is 7.69. The highest BCUT2D eigenvalue weighted by molar-refractivity contribution is 9.10. The van der Waals surface area contributed by atoms with E-state index in [0.29, 0.717) is 29.5 Å². The molecular weight excluding hydrogens is 351 g/mol. The van der Waals surface area contributed by atoms with Crippen molar-refractivity contribution in [1.82, 2.24) is 9.88 Å². The average Bonchev–Trinajstić information content (AvgIpc) is 2.48. The van der Waals surface area contributed by atoms with E-state index < -0.39 is 12.0 Å². The van der Waals surface area contributed by atoms with Crippen LogP contribution in [0.2, 0.25) is 0 Å². The third kappa shape index (κ3) is 2.89. The van der Waals surface area contributed by atoms with E-state index in [1.54, 1.807) is 24.5 Å². The number of pyridine rings is 1. The van der Waals surface area contributed by atoms with Crippen molar-refractivity contribution >= 4 is 21.9 Å². The van der Waals surface area contributed by atoms with E-state index >= 15 is 0 Å². The minimum absolute atomic E-state index is 0.277. The number of carboxylic acid groups (broad SMARTS) is 1. The fourth-order valence-electron chi connectivity index (χ4n) is 2.87. The molecule has 0 radical (unpaired) electrons. The standard InChI is InChI=1S/C16H14BrFN2O2/c17-14-7-12(18)6-10-3-5-20(9-13(10)14)15(16(21)22)11-2-1-4-19-8-11/h1-2,4,6-8,15H,3,5,9H2,(H,21,22). The van der Waals surface area contributed by atoms with E-state index in [1.165, 1.54) is 12.1 Å². The summed E-state index contributed by atoms with van der Waals surface area (Å²) in [5, 5.41) is 9.60. The first kappa shape index (κ1) is 15.1. The maximum absolute atomic E-state index is 13.5. The van der Waals surface area contributed by atoms with Crippen LogP contribution in [-0.2, 0) is 17.8 Å². The van der Waals surface area contributed by atoms with Crippen molar-refractivity contribution in [1.29, 1.82) is 0 Å². The molecule has 0 fully saturated rings. The zero-order chi connectivity index (χ0) is 15.7. The molecule has 0 spiro atoms. The number of hydrogen-bond donors (Lipinski definition) is 1.